The second-order valence-corrected chi connectivity index (χ2v) is 5.39. The van der Waals surface area contributed by atoms with Crippen molar-refractivity contribution in [2.75, 3.05) is 6.61 Å². The molecule has 21 heavy (non-hydrogen) atoms. The van der Waals surface area contributed by atoms with Gasteiger partial charge < -0.3 is 15.2 Å². The first-order chi connectivity index (χ1) is 10.2. The predicted octanol–water partition coefficient (Wildman–Crippen LogP) is 3.59. The fourth-order valence-electron chi connectivity index (χ4n) is 1.98. The van der Waals surface area contributed by atoms with E-state index in [1.165, 1.54) is 5.56 Å². The summed E-state index contributed by atoms with van der Waals surface area (Å²) in [4.78, 5) is 0. The summed E-state index contributed by atoms with van der Waals surface area (Å²) in [6.07, 6.45) is 0. The lowest BCUT2D eigenvalue weighted by Gasteiger charge is -2.19. The van der Waals surface area contributed by atoms with Crippen LogP contribution in [0.25, 0.3) is 0 Å². The highest BCUT2D eigenvalue weighted by atomic mass is 16.5. The van der Waals surface area contributed by atoms with Crippen molar-refractivity contribution in [3.05, 3.63) is 60.2 Å². The van der Waals surface area contributed by atoms with Crippen LogP contribution in [0, 0.1) is 5.92 Å². The molecule has 112 valence electrons. The lowest BCUT2D eigenvalue weighted by molar-refractivity contribution is 0.207. The van der Waals surface area contributed by atoms with Crippen molar-refractivity contribution in [1.29, 1.82) is 0 Å². The maximum Gasteiger partial charge on any atom is 0.127 e. The van der Waals surface area contributed by atoms with Gasteiger partial charge in [0.05, 0.1) is 0 Å². The second kappa shape index (κ2) is 7.81. The van der Waals surface area contributed by atoms with Crippen molar-refractivity contribution >= 4 is 0 Å². The number of para-hydroxylation sites is 1. The van der Waals surface area contributed by atoms with E-state index in [1.807, 2.05) is 55.5 Å². The van der Waals surface area contributed by atoms with Gasteiger partial charge in [-0.25, -0.2) is 0 Å². The van der Waals surface area contributed by atoms with Crippen LogP contribution in [0.3, 0.4) is 0 Å². The smallest absolute Gasteiger partial charge is 0.127 e. The van der Waals surface area contributed by atoms with Gasteiger partial charge in [0.15, 0.2) is 0 Å². The van der Waals surface area contributed by atoms with E-state index in [1.54, 1.807) is 0 Å². The highest BCUT2D eigenvalue weighted by Crippen LogP contribution is 2.21. The molecule has 2 unspecified atom stereocenters. The van der Waals surface area contributed by atoms with Crippen LogP contribution in [0.5, 0.6) is 11.5 Å². The van der Waals surface area contributed by atoms with Crippen LogP contribution in [0.2, 0.25) is 0 Å². The Balaban J connectivity index is 1.95. The molecular weight excluding hydrogens is 262 g/mol. The Hall–Kier alpha value is -1.84. The van der Waals surface area contributed by atoms with Gasteiger partial charge in [-0.05, 0) is 42.7 Å². The van der Waals surface area contributed by atoms with E-state index in [0.29, 0.717) is 0 Å². The van der Waals surface area contributed by atoms with Gasteiger partial charge in [-0.1, -0.05) is 37.3 Å². The Bertz CT molecular complexity index is 542. The summed E-state index contributed by atoms with van der Waals surface area (Å²) < 4.78 is 5.83. The monoisotopic (exact) mass is 285 g/mol. The van der Waals surface area contributed by atoms with Crippen LogP contribution in [-0.2, 0) is 6.54 Å². The van der Waals surface area contributed by atoms with Gasteiger partial charge in [-0.15, -0.1) is 0 Å². The number of nitrogens with one attached hydrogen (secondary N) is 1. The molecule has 0 aromatic heterocycles. The summed E-state index contributed by atoms with van der Waals surface area (Å²) in [7, 11) is 0. The Morgan fingerprint density at radius 3 is 2.43 bits per heavy atom. The highest BCUT2D eigenvalue weighted by molar-refractivity contribution is 5.33. The summed E-state index contributed by atoms with van der Waals surface area (Å²) in [5.41, 5.74) is 1.17. The lowest BCUT2D eigenvalue weighted by atomic mass is 10.0. The quantitative estimate of drug-likeness (QED) is 0.817. The van der Waals surface area contributed by atoms with Gasteiger partial charge in [0.2, 0.25) is 0 Å². The molecule has 0 aliphatic heterocycles. The molecule has 0 saturated heterocycles. The Labute approximate surface area is 126 Å². The van der Waals surface area contributed by atoms with Gasteiger partial charge >= 0.3 is 0 Å². The Morgan fingerprint density at radius 2 is 1.71 bits per heavy atom. The molecule has 2 aromatic carbocycles. The van der Waals surface area contributed by atoms with Crippen LogP contribution >= 0.6 is 0 Å². The zero-order valence-electron chi connectivity index (χ0n) is 12.6. The third-order valence-corrected chi connectivity index (χ3v) is 3.65. The van der Waals surface area contributed by atoms with Crippen molar-refractivity contribution in [3.8, 4) is 11.5 Å². The zero-order chi connectivity index (χ0) is 15.1. The molecule has 3 heteroatoms. The molecule has 0 aliphatic rings. The maximum absolute atomic E-state index is 9.15. The van der Waals surface area contributed by atoms with E-state index >= 15 is 0 Å². The Kier molecular flexibility index (Phi) is 5.78. The first-order valence-electron chi connectivity index (χ1n) is 7.35. The van der Waals surface area contributed by atoms with Crippen molar-refractivity contribution in [1.82, 2.24) is 5.32 Å². The number of ether oxygens (including phenoxy) is 1. The number of benzene rings is 2. The van der Waals surface area contributed by atoms with Crippen LogP contribution in [0.1, 0.15) is 19.4 Å². The van der Waals surface area contributed by atoms with Crippen LogP contribution < -0.4 is 10.1 Å². The second-order valence-electron chi connectivity index (χ2n) is 5.39. The molecule has 0 fully saturated rings. The molecule has 2 rings (SSSR count). The Morgan fingerprint density at radius 1 is 1.00 bits per heavy atom. The first-order valence-corrected chi connectivity index (χ1v) is 7.35. The van der Waals surface area contributed by atoms with Crippen molar-refractivity contribution in [2.24, 2.45) is 5.92 Å². The lowest BCUT2D eigenvalue weighted by Crippen LogP contribution is -2.33. The average molecular weight is 285 g/mol. The van der Waals surface area contributed by atoms with E-state index in [9.17, 15) is 0 Å². The normalized spacial score (nSPS) is 13.7. The number of rotatable bonds is 7. The van der Waals surface area contributed by atoms with Gasteiger partial charge in [0, 0.05) is 19.2 Å². The summed E-state index contributed by atoms with van der Waals surface area (Å²) in [6.45, 7) is 5.08. The van der Waals surface area contributed by atoms with Crippen LogP contribution in [0.4, 0.5) is 0 Å². The fraction of sp³-hybridized carbons (Fsp3) is 0.333. The third kappa shape index (κ3) is 4.88. The predicted molar refractivity (Wildman–Crippen MR) is 85.5 cm³/mol. The van der Waals surface area contributed by atoms with Gasteiger partial charge in [-0.3, -0.25) is 0 Å². The molecule has 2 aromatic rings. The minimum absolute atomic E-state index is 0.200. The van der Waals surface area contributed by atoms with Gasteiger partial charge in [0.1, 0.15) is 11.5 Å². The molecule has 0 saturated carbocycles. The summed E-state index contributed by atoms with van der Waals surface area (Å²) in [5.74, 6) is 1.92. The van der Waals surface area contributed by atoms with Crippen LogP contribution in [0.15, 0.2) is 54.6 Å². The third-order valence-electron chi connectivity index (χ3n) is 3.65. The molecule has 0 radical (unpaired) electrons. The number of hydrogen-bond acceptors (Lipinski definition) is 3. The zero-order valence-corrected chi connectivity index (χ0v) is 12.6. The van der Waals surface area contributed by atoms with Gasteiger partial charge in [0.25, 0.3) is 0 Å². The van der Waals surface area contributed by atoms with E-state index in [4.69, 9.17) is 9.84 Å². The molecule has 2 atom stereocenters. The number of hydrogen-bond donors (Lipinski definition) is 2. The van der Waals surface area contributed by atoms with Gasteiger partial charge in [-0.2, -0.15) is 0 Å². The van der Waals surface area contributed by atoms with E-state index in [0.717, 1.165) is 18.0 Å². The summed E-state index contributed by atoms with van der Waals surface area (Å²) >= 11 is 0. The largest absolute Gasteiger partial charge is 0.457 e. The molecule has 0 amide bonds. The minimum atomic E-state index is 0.200. The van der Waals surface area contributed by atoms with E-state index < -0.39 is 0 Å². The molecule has 0 bridgehead atoms. The fourth-order valence-corrected chi connectivity index (χ4v) is 1.98. The minimum Gasteiger partial charge on any atom is -0.457 e. The summed E-state index contributed by atoms with van der Waals surface area (Å²) in [6, 6.07) is 18.1. The first kappa shape index (κ1) is 15.5. The molecule has 2 N–H and O–H groups in total. The standard InChI is InChI=1S/C18H23NO2/c1-14(13-20)15(2)19-12-16-7-6-10-18(11-16)21-17-8-4-3-5-9-17/h3-11,14-15,19-20H,12-13H2,1-2H3. The molecule has 0 heterocycles. The summed E-state index contributed by atoms with van der Waals surface area (Å²) in [5, 5.41) is 12.6. The van der Waals surface area contributed by atoms with Crippen LogP contribution in [-0.4, -0.2) is 17.8 Å². The van der Waals surface area contributed by atoms with Crippen molar-refractivity contribution in [3.63, 3.8) is 0 Å². The SMILES string of the molecule is CC(CO)C(C)NCc1cccc(Oc2ccccc2)c1. The molecule has 0 aliphatic carbocycles. The highest BCUT2D eigenvalue weighted by Gasteiger charge is 2.10. The topological polar surface area (TPSA) is 41.5 Å². The maximum atomic E-state index is 9.15. The van der Waals surface area contributed by atoms with E-state index in [-0.39, 0.29) is 18.6 Å². The average Bonchev–Trinajstić information content (AvgIpc) is 2.53. The number of aliphatic hydroxyl groups is 1. The van der Waals surface area contributed by atoms with E-state index in [2.05, 4.69) is 18.3 Å². The molecular formula is C18H23NO2. The van der Waals surface area contributed by atoms with Crippen molar-refractivity contribution in [2.45, 2.75) is 26.4 Å². The molecule has 0 spiro atoms. The number of aliphatic hydroxyl groups excluding tert-OH is 1. The van der Waals surface area contributed by atoms with Crippen molar-refractivity contribution < 1.29 is 9.84 Å². The molecule has 3 nitrogen and oxygen atoms in total.